The summed E-state index contributed by atoms with van der Waals surface area (Å²) in [5.41, 5.74) is 0.0815. The third-order valence-corrected chi connectivity index (χ3v) is 1.23. The van der Waals surface area contributed by atoms with Gasteiger partial charge in [-0.15, -0.1) is 0 Å². The highest BCUT2D eigenvalue weighted by Gasteiger charge is 2.14. The molecule has 0 saturated carbocycles. The van der Waals surface area contributed by atoms with Gasteiger partial charge in [0, 0.05) is 6.42 Å². The average molecular weight is 188 g/mol. The van der Waals surface area contributed by atoms with E-state index in [0.29, 0.717) is 0 Å². The number of ether oxygens (including phenoxy) is 1. The zero-order chi connectivity index (χ0) is 10.3. The van der Waals surface area contributed by atoms with Gasteiger partial charge >= 0.3 is 5.97 Å². The highest BCUT2D eigenvalue weighted by atomic mass is 16.5. The third-order valence-electron chi connectivity index (χ3n) is 1.23. The molecule has 0 saturated heterocycles. The largest absolute Gasteiger partial charge is 0.461 e. The van der Waals surface area contributed by atoms with Crippen LogP contribution in [0, 0.1) is 0 Å². The number of hydrogen-bond donors (Lipinski definition) is 2. The predicted molar refractivity (Wildman–Crippen MR) is 45.4 cm³/mol. The fraction of sp³-hybridized carbons (Fsp3) is 0.571. The van der Waals surface area contributed by atoms with Crippen molar-refractivity contribution in [2.24, 2.45) is 10.3 Å². The maximum absolute atomic E-state index is 11.0. The fourth-order valence-corrected chi connectivity index (χ4v) is 0.640. The molecule has 0 amide bonds. The number of nitrogens with zero attached hydrogens (tertiary/aromatic N) is 2. The van der Waals surface area contributed by atoms with E-state index in [1.165, 1.54) is 6.92 Å². The minimum atomic E-state index is -0.715. The molecule has 2 N–H and O–H groups in total. The van der Waals surface area contributed by atoms with Gasteiger partial charge in [0.2, 0.25) is 0 Å². The van der Waals surface area contributed by atoms with Crippen molar-refractivity contribution >= 4 is 17.4 Å². The smallest absolute Gasteiger partial charge is 0.356 e. The Kier molecular flexibility index (Phi) is 5.25. The van der Waals surface area contributed by atoms with Crippen molar-refractivity contribution < 1.29 is 19.9 Å². The first-order valence-corrected chi connectivity index (χ1v) is 3.71. The monoisotopic (exact) mass is 188 g/mol. The minimum absolute atomic E-state index is 0.0359. The molecule has 0 aliphatic carbocycles. The Morgan fingerprint density at radius 3 is 2.38 bits per heavy atom. The van der Waals surface area contributed by atoms with E-state index in [4.69, 9.17) is 10.4 Å². The van der Waals surface area contributed by atoms with E-state index < -0.39 is 5.97 Å². The molecule has 0 aliphatic rings. The molecule has 0 spiro atoms. The van der Waals surface area contributed by atoms with Crippen LogP contribution < -0.4 is 0 Å². The van der Waals surface area contributed by atoms with Crippen LogP contribution in [0.25, 0.3) is 0 Å². The van der Waals surface area contributed by atoms with E-state index in [1.54, 1.807) is 6.92 Å². The predicted octanol–water partition coefficient (Wildman–Crippen LogP) is 0.620. The lowest BCUT2D eigenvalue weighted by molar-refractivity contribution is -0.135. The van der Waals surface area contributed by atoms with Gasteiger partial charge in [-0.05, 0) is 13.8 Å². The Morgan fingerprint density at radius 1 is 1.38 bits per heavy atom. The summed E-state index contributed by atoms with van der Waals surface area (Å²) < 4.78 is 4.57. The average Bonchev–Trinajstić information content (AvgIpc) is 2.14. The third kappa shape index (κ3) is 4.09. The SMILES string of the molecule is CCOC(=O)/C(C/C(C)=N/O)=N\O. The zero-order valence-electron chi connectivity index (χ0n) is 7.52. The molecule has 13 heavy (non-hydrogen) atoms. The second kappa shape index (κ2) is 5.99. The molecule has 0 atom stereocenters. The molecule has 0 rings (SSSR count). The summed E-state index contributed by atoms with van der Waals surface area (Å²) in [4.78, 5) is 11.0. The van der Waals surface area contributed by atoms with Gasteiger partial charge in [-0.3, -0.25) is 0 Å². The van der Waals surface area contributed by atoms with E-state index in [1.807, 2.05) is 0 Å². The van der Waals surface area contributed by atoms with Crippen LogP contribution in [-0.2, 0) is 9.53 Å². The van der Waals surface area contributed by atoms with Gasteiger partial charge in [0.25, 0.3) is 0 Å². The number of carbonyl (C=O) groups is 1. The van der Waals surface area contributed by atoms with Gasteiger partial charge in [0.15, 0.2) is 5.71 Å². The molecule has 0 heterocycles. The van der Waals surface area contributed by atoms with Crippen LogP contribution in [0.1, 0.15) is 20.3 Å². The molecule has 0 aromatic heterocycles. The normalized spacial score (nSPS) is 12.8. The van der Waals surface area contributed by atoms with Crippen LogP contribution in [0.4, 0.5) is 0 Å². The van der Waals surface area contributed by atoms with Crippen LogP contribution in [0.5, 0.6) is 0 Å². The molecule has 0 bridgehead atoms. The second-order valence-corrected chi connectivity index (χ2v) is 2.28. The van der Waals surface area contributed by atoms with Gasteiger partial charge in [-0.2, -0.15) is 0 Å². The number of hydrogen-bond acceptors (Lipinski definition) is 6. The summed E-state index contributed by atoms with van der Waals surface area (Å²) in [5, 5.41) is 22.3. The van der Waals surface area contributed by atoms with E-state index in [0.717, 1.165) is 0 Å². The zero-order valence-corrected chi connectivity index (χ0v) is 7.52. The van der Waals surface area contributed by atoms with E-state index in [-0.39, 0.29) is 24.5 Å². The van der Waals surface area contributed by atoms with Gasteiger partial charge in [0.05, 0.1) is 12.3 Å². The summed E-state index contributed by atoms with van der Waals surface area (Å²) >= 11 is 0. The molecule has 0 aliphatic heterocycles. The van der Waals surface area contributed by atoms with Crippen molar-refractivity contribution in [2.45, 2.75) is 20.3 Å². The Balaban J connectivity index is 4.29. The maximum atomic E-state index is 11.0. The quantitative estimate of drug-likeness (QED) is 0.293. The Labute approximate surface area is 75.5 Å². The molecule has 6 nitrogen and oxygen atoms in total. The van der Waals surface area contributed by atoms with Crippen LogP contribution in [-0.4, -0.2) is 34.4 Å². The summed E-state index contributed by atoms with van der Waals surface area (Å²) in [5.74, 6) is -0.715. The first-order valence-electron chi connectivity index (χ1n) is 3.71. The number of esters is 1. The van der Waals surface area contributed by atoms with Gasteiger partial charge in [0.1, 0.15) is 0 Å². The van der Waals surface area contributed by atoms with Crippen LogP contribution >= 0.6 is 0 Å². The molecule has 0 unspecified atom stereocenters. The van der Waals surface area contributed by atoms with Crippen molar-refractivity contribution in [3.05, 3.63) is 0 Å². The highest BCUT2D eigenvalue weighted by molar-refractivity contribution is 6.39. The molecule has 0 fully saturated rings. The maximum Gasteiger partial charge on any atom is 0.356 e. The minimum Gasteiger partial charge on any atom is -0.461 e. The first-order chi connectivity index (χ1) is 6.15. The Morgan fingerprint density at radius 2 is 2.00 bits per heavy atom. The molecule has 0 aromatic carbocycles. The first kappa shape index (κ1) is 11.4. The van der Waals surface area contributed by atoms with Crippen LogP contribution in [0.3, 0.4) is 0 Å². The summed E-state index contributed by atoms with van der Waals surface area (Å²) in [7, 11) is 0. The Bertz CT molecular complexity index is 235. The number of carbonyl (C=O) groups excluding carboxylic acids is 1. The molecular formula is C7H12N2O4. The summed E-state index contributed by atoms with van der Waals surface area (Å²) in [6.45, 7) is 3.33. The van der Waals surface area contributed by atoms with Crippen LogP contribution in [0.2, 0.25) is 0 Å². The standard InChI is InChI=1S/C7H12N2O4/c1-3-13-7(10)6(9-12)4-5(2)8-11/h11-12H,3-4H2,1-2H3/b8-5+,9-6-. The second-order valence-electron chi connectivity index (χ2n) is 2.28. The summed E-state index contributed by atoms with van der Waals surface area (Å²) in [6.07, 6.45) is -0.0359. The van der Waals surface area contributed by atoms with Gasteiger partial charge < -0.3 is 15.2 Å². The van der Waals surface area contributed by atoms with Crippen LogP contribution in [0.15, 0.2) is 10.3 Å². The topological polar surface area (TPSA) is 91.5 Å². The molecular weight excluding hydrogens is 176 g/mol. The van der Waals surface area contributed by atoms with Crippen molar-refractivity contribution in [1.82, 2.24) is 0 Å². The highest BCUT2D eigenvalue weighted by Crippen LogP contribution is 1.94. The van der Waals surface area contributed by atoms with E-state index in [2.05, 4.69) is 15.0 Å². The van der Waals surface area contributed by atoms with Crippen molar-refractivity contribution in [1.29, 1.82) is 0 Å². The lowest BCUT2D eigenvalue weighted by Crippen LogP contribution is -2.20. The van der Waals surface area contributed by atoms with Crippen molar-refractivity contribution in [3.8, 4) is 0 Å². The fourth-order valence-electron chi connectivity index (χ4n) is 0.640. The van der Waals surface area contributed by atoms with E-state index >= 15 is 0 Å². The Hall–Kier alpha value is -1.59. The van der Waals surface area contributed by atoms with Crippen molar-refractivity contribution in [2.75, 3.05) is 6.61 Å². The lowest BCUT2D eigenvalue weighted by Gasteiger charge is -2.02. The molecule has 74 valence electrons. The molecule has 0 radical (unpaired) electrons. The summed E-state index contributed by atoms with van der Waals surface area (Å²) in [6, 6.07) is 0. The van der Waals surface area contributed by atoms with Gasteiger partial charge in [-0.1, -0.05) is 10.3 Å². The van der Waals surface area contributed by atoms with Gasteiger partial charge in [-0.25, -0.2) is 4.79 Å². The lowest BCUT2D eigenvalue weighted by atomic mass is 10.2. The molecule has 0 aromatic rings. The van der Waals surface area contributed by atoms with E-state index in [9.17, 15) is 4.79 Å². The number of oxime groups is 2. The van der Waals surface area contributed by atoms with Crippen molar-refractivity contribution in [3.63, 3.8) is 0 Å². The number of rotatable bonds is 4. The molecule has 6 heteroatoms.